The van der Waals surface area contributed by atoms with Crippen molar-refractivity contribution in [2.45, 2.75) is 130 Å². The first-order valence-corrected chi connectivity index (χ1v) is 12.3. The van der Waals surface area contributed by atoms with Crippen LogP contribution in [0.4, 0.5) is 0 Å². The van der Waals surface area contributed by atoms with Crippen LogP contribution in [0.3, 0.4) is 0 Å². The maximum Gasteiger partial charge on any atom is 0.0589 e. The maximum absolute atomic E-state index is 2.55. The Morgan fingerprint density at radius 1 is 0.621 bits per heavy atom. The fraction of sp³-hybridized carbons (Fsp3) is 0.786. The summed E-state index contributed by atoms with van der Waals surface area (Å²) in [5.41, 5.74) is 7.08. The number of thioether (sulfide) groups is 1. The van der Waals surface area contributed by atoms with E-state index in [1.54, 1.807) is 16.7 Å². The summed E-state index contributed by atoms with van der Waals surface area (Å²) in [5, 5.41) is 0.637. The van der Waals surface area contributed by atoms with E-state index in [-0.39, 0.29) is 31.8 Å². The molecule has 166 valence electrons. The Morgan fingerprint density at radius 3 is 1.21 bits per heavy atom. The second-order valence-corrected chi connectivity index (χ2v) is 15.9. The van der Waals surface area contributed by atoms with E-state index in [0.29, 0.717) is 5.25 Å². The Labute approximate surface area is 187 Å². The molecule has 29 heavy (non-hydrogen) atoms. The zero-order chi connectivity index (χ0) is 23.0. The van der Waals surface area contributed by atoms with Crippen LogP contribution in [0.5, 0.6) is 0 Å². The summed E-state index contributed by atoms with van der Waals surface area (Å²) in [4.78, 5) is 0. The van der Waals surface area contributed by atoms with Gasteiger partial charge < -0.3 is 0 Å². The van der Waals surface area contributed by atoms with Crippen LogP contribution < -0.4 is 0 Å². The first kappa shape index (κ1) is 24.8. The van der Waals surface area contributed by atoms with Crippen molar-refractivity contribution in [3.05, 3.63) is 34.4 Å². The van der Waals surface area contributed by atoms with Crippen molar-refractivity contribution in [1.82, 2.24) is 0 Å². The number of hydrogen-bond acceptors (Lipinski definition) is 1. The monoisotopic (exact) mass is 416 g/mol. The van der Waals surface area contributed by atoms with Gasteiger partial charge in [-0.15, -0.1) is 11.8 Å². The molecular formula is C28H48S. The van der Waals surface area contributed by atoms with Gasteiger partial charge in [0.25, 0.3) is 0 Å². The van der Waals surface area contributed by atoms with Gasteiger partial charge in [-0.25, -0.2) is 0 Å². The number of benzene rings is 1. The highest BCUT2D eigenvalue weighted by atomic mass is 32.2. The lowest BCUT2D eigenvalue weighted by Crippen LogP contribution is -2.39. The molecule has 1 aliphatic heterocycles. The van der Waals surface area contributed by atoms with Crippen molar-refractivity contribution < 1.29 is 0 Å². The minimum atomic E-state index is 0.112. The fourth-order valence-corrected chi connectivity index (χ4v) is 6.91. The van der Waals surface area contributed by atoms with Crippen LogP contribution in [0.1, 0.15) is 126 Å². The van der Waals surface area contributed by atoms with E-state index in [1.165, 1.54) is 5.56 Å². The predicted molar refractivity (Wildman–Crippen MR) is 135 cm³/mol. The average Bonchev–Trinajstić information content (AvgIpc) is 3.19. The minimum Gasteiger partial charge on any atom is -0.143 e. The van der Waals surface area contributed by atoms with Crippen LogP contribution in [-0.4, -0.2) is 5.25 Å². The van der Waals surface area contributed by atoms with Gasteiger partial charge in [0.2, 0.25) is 0 Å². The SMILES string of the molecule is CC(C)(C)c1cc(C(C)(C)C)c(C2(C(C)(C)C)SC2C(C)(C)C)c(C(C)(C)C)c1. The molecule has 1 heteroatoms. The van der Waals surface area contributed by atoms with Gasteiger partial charge in [-0.2, -0.15) is 0 Å². The van der Waals surface area contributed by atoms with Crippen molar-refractivity contribution in [3.63, 3.8) is 0 Å². The third kappa shape index (κ3) is 4.46. The molecule has 2 unspecified atom stereocenters. The van der Waals surface area contributed by atoms with E-state index in [1.807, 2.05) is 0 Å². The molecule has 0 spiro atoms. The van der Waals surface area contributed by atoms with Gasteiger partial charge in [0, 0.05) is 5.25 Å². The van der Waals surface area contributed by atoms with Crippen LogP contribution in [0, 0.1) is 10.8 Å². The van der Waals surface area contributed by atoms with Gasteiger partial charge in [-0.3, -0.25) is 0 Å². The fourth-order valence-electron chi connectivity index (χ4n) is 4.73. The van der Waals surface area contributed by atoms with Crippen molar-refractivity contribution in [3.8, 4) is 0 Å². The molecule has 1 fully saturated rings. The second kappa shape index (κ2) is 6.78. The first-order valence-electron chi connectivity index (χ1n) is 11.4. The third-order valence-corrected chi connectivity index (χ3v) is 8.97. The van der Waals surface area contributed by atoms with Crippen molar-refractivity contribution in [2.75, 3.05) is 0 Å². The summed E-state index contributed by atoms with van der Waals surface area (Å²) in [5.74, 6) is 0. The Bertz CT molecular complexity index is 728. The van der Waals surface area contributed by atoms with E-state index >= 15 is 0 Å². The lowest BCUT2D eigenvalue weighted by Gasteiger charge is -2.42. The molecule has 0 amide bonds. The normalized spacial score (nSPS) is 24.0. The molecule has 1 saturated heterocycles. The summed E-state index contributed by atoms with van der Waals surface area (Å²) in [6.07, 6.45) is 0. The van der Waals surface area contributed by atoms with Crippen molar-refractivity contribution >= 4 is 11.8 Å². The molecule has 0 bridgehead atoms. The Balaban J connectivity index is 3.04. The summed E-state index contributed by atoms with van der Waals surface area (Å²) < 4.78 is 0.160. The van der Waals surface area contributed by atoms with Crippen molar-refractivity contribution in [2.24, 2.45) is 10.8 Å². The van der Waals surface area contributed by atoms with Crippen LogP contribution in [0.2, 0.25) is 0 Å². The van der Waals surface area contributed by atoms with Gasteiger partial charge in [-0.05, 0) is 49.3 Å². The Hall–Kier alpha value is -0.430. The third-order valence-electron chi connectivity index (χ3n) is 6.51. The molecule has 0 saturated carbocycles. The summed E-state index contributed by atoms with van der Waals surface area (Å²) in [6.45, 7) is 36.1. The average molecular weight is 417 g/mol. The molecule has 0 nitrogen and oxygen atoms in total. The van der Waals surface area contributed by atoms with Crippen LogP contribution in [-0.2, 0) is 21.0 Å². The number of rotatable bonds is 1. The standard InChI is InChI=1S/C28H48S/c1-23(2,3)18-16-19(24(4,5)6)21(20(17-18)25(7,8)9)28(27(13,14)15)22(29-28)26(10,11)12/h16-17,22H,1-15H3. The zero-order valence-electron chi connectivity index (χ0n) is 22.1. The smallest absolute Gasteiger partial charge is 0.0589 e. The lowest BCUT2D eigenvalue weighted by molar-refractivity contribution is 0.250. The van der Waals surface area contributed by atoms with Gasteiger partial charge in [0.15, 0.2) is 0 Å². The highest BCUT2D eigenvalue weighted by molar-refractivity contribution is 8.08. The largest absolute Gasteiger partial charge is 0.143 e. The Morgan fingerprint density at radius 2 is 1.00 bits per heavy atom. The molecule has 0 N–H and O–H groups in total. The van der Waals surface area contributed by atoms with Gasteiger partial charge in [-0.1, -0.05) is 116 Å². The summed E-state index contributed by atoms with van der Waals surface area (Å²) >= 11 is 2.22. The van der Waals surface area contributed by atoms with Crippen LogP contribution >= 0.6 is 11.8 Å². The molecule has 2 rings (SSSR count). The zero-order valence-corrected chi connectivity index (χ0v) is 23.0. The molecule has 1 heterocycles. The van der Waals surface area contributed by atoms with E-state index in [4.69, 9.17) is 0 Å². The predicted octanol–water partition coefficient (Wildman–Crippen LogP) is 8.98. The number of hydrogen-bond donors (Lipinski definition) is 0. The van der Waals surface area contributed by atoms with Crippen LogP contribution in [0.25, 0.3) is 0 Å². The summed E-state index contributed by atoms with van der Waals surface area (Å²) in [7, 11) is 0. The Kier molecular flexibility index (Phi) is 5.81. The summed E-state index contributed by atoms with van der Waals surface area (Å²) in [6, 6.07) is 5.10. The minimum absolute atomic E-state index is 0.112. The van der Waals surface area contributed by atoms with Crippen molar-refractivity contribution in [1.29, 1.82) is 0 Å². The van der Waals surface area contributed by atoms with Gasteiger partial charge in [0.05, 0.1) is 4.75 Å². The first-order chi connectivity index (χ1) is 12.5. The molecule has 0 radical (unpaired) electrons. The maximum atomic E-state index is 2.55. The molecule has 0 aromatic heterocycles. The highest BCUT2D eigenvalue weighted by Gasteiger charge is 2.68. The lowest BCUT2D eigenvalue weighted by atomic mass is 9.62. The van der Waals surface area contributed by atoms with E-state index < -0.39 is 0 Å². The molecule has 1 aliphatic rings. The van der Waals surface area contributed by atoms with E-state index in [2.05, 4.69) is 128 Å². The molecule has 1 aromatic carbocycles. The molecular weight excluding hydrogens is 368 g/mol. The highest BCUT2D eigenvalue weighted by Crippen LogP contribution is 2.75. The van der Waals surface area contributed by atoms with E-state index in [9.17, 15) is 0 Å². The second-order valence-electron chi connectivity index (χ2n) is 14.5. The van der Waals surface area contributed by atoms with Crippen LogP contribution in [0.15, 0.2) is 12.1 Å². The molecule has 1 aromatic rings. The van der Waals surface area contributed by atoms with Gasteiger partial charge in [0.1, 0.15) is 0 Å². The molecule has 2 atom stereocenters. The molecule has 0 aliphatic carbocycles. The van der Waals surface area contributed by atoms with Gasteiger partial charge >= 0.3 is 0 Å². The quantitative estimate of drug-likeness (QED) is 0.411. The van der Waals surface area contributed by atoms with E-state index in [0.717, 1.165) is 0 Å². The topological polar surface area (TPSA) is 0 Å².